The van der Waals surface area contributed by atoms with Crippen molar-refractivity contribution in [3.63, 3.8) is 0 Å². The van der Waals surface area contributed by atoms with Gasteiger partial charge in [0.05, 0.1) is 23.6 Å². The predicted molar refractivity (Wildman–Crippen MR) is 68.0 cm³/mol. The number of aromatic nitrogens is 3. The normalized spacial score (nSPS) is 10.9. The van der Waals surface area contributed by atoms with Crippen LogP contribution in [0.2, 0.25) is 0 Å². The fourth-order valence-corrected chi connectivity index (χ4v) is 1.86. The number of nitrogen functional groups attached to an aromatic ring is 1. The van der Waals surface area contributed by atoms with Crippen LogP contribution in [0.15, 0.2) is 42.7 Å². The molecule has 0 amide bonds. The number of nitrogens with zero attached hydrogens (tertiary/aromatic N) is 3. The first-order chi connectivity index (χ1) is 8.25. The van der Waals surface area contributed by atoms with E-state index in [0.717, 1.165) is 22.2 Å². The van der Waals surface area contributed by atoms with E-state index in [2.05, 4.69) is 10.1 Å². The molecule has 0 spiro atoms. The zero-order valence-electron chi connectivity index (χ0n) is 9.46. The Balaban J connectivity index is 2.24. The third kappa shape index (κ3) is 1.54. The van der Waals surface area contributed by atoms with Gasteiger partial charge in [0.1, 0.15) is 5.82 Å². The first-order valence-electron chi connectivity index (χ1n) is 5.41. The van der Waals surface area contributed by atoms with E-state index in [0.29, 0.717) is 5.82 Å². The Morgan fingerprint density at radius 1 is 1.18 bits per heavy atom. The summed E-state index contributed by atoms with van der Waals surface area (Å²) in [5.74, 6) is 0.560. The molecule has 4 heteroatoms. The Morgan fingerprint density at radius 2 is 2.00 bits per heavy atom. The molecule has 3 rings (SSSR count). The number of fused-ring (bicyclic) bond motifs is 1. The molecule has 84 valence electrons. The Kier molecular flexibility index (Phi) is 2.08. The SMILES string of the molecule is Cc1cc(-n2ncc3ccccc32)cnc1N. The van der Waals surface area contributed by atoms with Crippen LogP contribution in [0.4, 0.5) is 5.82 Å². The molecule has 0 fully saturated rings. The van der Waals surface area contributed by atoms with E-state index >= 15 is 0 Å². The Bertz CT molecular complexity index is 685. The molecular formula is C13H12N4. The second-order valence-electron chi connectivity index (χ2n) is 4.01. The van der Waals surface area contributed by atoms with Gasteiger partial charge >= 0.3 is 0 Å². The smallest absolute Gasteiger partial charge is 0.126 e. The number of rotatable bonds is 1. The van der Waals surface area contributed by atoms with Crippen molar-refractivity contribution >= 4 is 16.7 Å². The van der Waals surface area contributed by atoms with Crippen LogP contribution in [-0.2, 0) is 0 Å². The van der Waals surface area contributed by atoms with Gasteiger partial charge in [0, 0.05) is 5.39 Å². The van der Waals surface area contributed by atoms with Crippen LogP contribution < -0.4 is 5.73 Å². The lowest BCUT2D eigenvalue weighted by atomic mass is 10.2. The van der Waals surface area contributed by atoms with Crippen molar-refractivity contribution in [3.8, 4) is 5.69 Å². The second-order valence-corrected chi connectivity index (χ2v) is 4.01. The fraction of sp³-hybridized carbons (Fsp3) is 0.0769. The van der Waals surface area contributed by atoms with Crippen molar-refractivity contribution in [2.45, 2.75) is 6.92 Å². The molecule has 1 aromatic carbocycles. The minimum absolute atomic E-state index is 0.560. The number of aryl methyl sites for hydroxylation is 1. The van der Waals surface area contributed by atoms with Crippen LogP contribution in [0.3, 0.4) is 0 Å². The molecular weight excluding hydrogens is 212 g/mol. The standard InChI is InChI=1S/C13H12N4/c1-9-6-11(8-15-13(9)14)17-12-5-3-2-4-10(12)7-16-17/h2-8H,1H3,(H2,14,15). The summed E-state index contributed by atoms with van der Waals surface area (Å²) in [6.45, 7) is 1.94. The van der Waals surface area contributed by atoms with Crippen molar-refractivity contribution in [3.05, 3.63) is 48.3 Å². The number of pyridine rings is 1. The summed E-state index contributed by atoms with van der Waals surface area (Å²) in [4.78, 5) is 4.16. The largest absolute Gasteiger partial charge is 0.383 e. The Hall–Kier alpha value is -2.36. The molecule has 0 aliphatic rings. The van der Waals surface area contributed by atoms with Gasteiger partial charge in [-0.15, -0.1) is 0 Å². The van der Waals surface area contributed by atoms with Crippen LogP contribution in [0.5, 0.6) is 0 Å². The maximum atomic E-state index is 5.71. The molecule has 0 saturated heterocycles. The number of hydrogen-bond acceptors (Lipinski definition) is 3. The summed E-state index contributed by atoms with van der Waals surface area (Å²) in [5, 5.41) is 5.49. The zero-order valence-corrected chi connectivity index (χ0v) is 9.46. The summed E-state index contributed by atoms with van der Waals surface area (Å²) in [5.41, 5.74) is 8.67. The third-order valence-corrected chi connectivity index (χ3v) is 2.83. The lowest BCUT2D eigenvalue weighted by Gasteiger charge is -2.05. The Labute approximate surface area is 98.7 Å². The lowest BCUT2D eigenvalue weighted by molar-refractivity contribution is 0.902. The number of hydrogen-bond donors (Lipinski definition) is 1. The van der Waals surface area contributed by atoms with Crippen LogP contribution in [-0.4, -0.2) is 14.8 Å². The molecule has 17 heavy (non-hydrogen) atoms. The summed E-state index contributed by atoms with van der Waals surface area (Å²) in [7, 11) is 0. The van der Waals surface area contributed by atoms with E-state index in [1.54, 1.807) is 6.20 Å². The van der Waals surface area contributed by atoms with Crippen molar-refractivity contribution in [1.29, 1.82) is 0 Å². The molecule has 0 aliphatic heterocycles. The summed E-state index contributed by atoms with van der Waals surface area (Å²) < 4.78 is 1.87. The summed E-state index contributed by atoms with van der Waals surface area (Å²) in [6.07, 6.45) is 3.59. The highest BCUT2D eigenvalue weighted by molar-refractivity contribution is 5.80. The van der Waals surface area contributed by atoms with Gasteiger partial charge < -0.3 is 5.73 Å². The van der Waals surface area contributed by atoms with Crippen molar-refractivity contribution in [1.82, 2.24) is 14.8 Å². The fourth-order valence-electron chi connectivity index (χ4n) is 1.86. The van der Waals surface area contributed by atoms with Gasteiger partial charge in [-0.25, -0.2) is 9.67 Å². The highest BCUT2D eigenvalue weighted by Crippen LogP contribution is 2.19. The quantitative estimate of drug-likeness (QED) is 0.690. The Morgan fingerprint density at radius 3 is 2.82 bits per heavy atom. The van der Waals surface area contributed by atoms with E-state index in [1.165, 1.54) is 0 Å². The topological polar surface area (TPSA) is 56.7 Å². The van der Waals surface area contributed by atoms with Crippen molar-refractivity contribution in [2.75, 3.05) is 5.73 Å². The predicted octanol–water partition coefficient (Wildman–Crippen LogP) is 2.31. The summed E-state index contributed by atoms with van der Waals surface area (Å²) >= 11 is 0. The van der Waals surface area contributed by atoms with E-state index in [9.17, 15) is 0 Å². The highest BCUT2D eigenvalue weighted by atomic mass is 15.3. The molecule has 0 radical (unpaired) electrons. The van der Waals surface area contributed by atoms with Crippen LogP contribution >= 0.6 is 0 Å². The van der Waals surface area contributed by atoms with E-state index in [1.807, 2.05) is 48.1 Å². The van der Waals surface area contributed by atoms with Crippen LogP contribution in [0.1, 0.15) is 5.56 Å². The van der Waals surface area contributed by atoms with Gasteiger partial charge in [0.15, 0.2) is 0 Å². The minimum atomic E-state index is 0.560. The number of nitrogens with two attached hydrogens (primary N) is 1. The monoisotopic (exact) mass is 224 g/mol. The molecule has 0 aliphatic carbocycles. The number of para-hydroxylation sites is 1. The first kappa shape index (κ1) is 9.84. The van der Waals surface area contributed by atoms with Crippen molar-refractivity contribution in [2.24, 2.45) is 0 Å². The van der Waals surface area contributed by atoms with Gasteiger partial charge in [-0.1, -0.05) is 18.2 Å². The maximum absolute atomic E-state index is 5.71. The van der Waals surface area contributed by atoms with E-state index < -0.39 is 0 Å². The molecule has 4 nitrogen and oxygen atoms in total. The van der Waals surface area contributed by atoms with Crippen LogP contribution in [0.25, 0.3) is 16.6 Å². The third-order valence-electron chi connectivity index (χ3n) is 2.83. The van der Waals surface area contributed by atoms with E-state index in [-0.39, 0.29) is 0 Å². The maximum Gasteiger partial charge on any atom is 0.126 e. The van der Waals surface area contributed by atoms with Gasteiger partial charge in [-0.3, -0.25) is 0 Å². The molecule has 0 bridgehead atoms. The average molecular weight is 224 g/mol. The van der Waals surface area contributed by atoms with Crippen molar-refractivity contribution < 1.29 is 0 Å². The lowest BCUT2D eigenvalue weighted by Crippen LogP contribution is -2.00. The van der Waals surface area contributed by atoms with Gasteiger partial charge in [0.2, 0.25) is 0 Å². The average Bonchev–Trinajstić information content (AvgIpc) is 2.76. The molecule has 0 saturated carbocycles. The highest BCUT2D eigenvalue weighted by Gasteiger charge is 2.05. The molecule has 3 aromatic rings. The number of anilines is 1. The molecule has 0 atom stereocenters. The first-order valence-corrected chi connectivity index (χ1v) is 5.41. The molecule has 2 heterocycles. The summed E-state index contributed by atoms with van der Waals surface area (Å²) in [6, 6.07) is 10.1. The molecule has 2 aromatic heterocycles. The van der Waals surface area contributed by atoms with Crippen LogP contribution in [0, 0.1) is 6.92 Å². The minimum Gasteiger partial charge on any atom is -0.383 e. The van der Waals surface area contributed by atoms with Gasteiger partial charge in [0.25, 0.3) is 0 Å². The van der Waals surface area contributed by atoms with Gasteiger partial charge in [-0.05, 0) is 24.6 Å². The number of benzene rings is 1. The molecule has 2 N–H and O–H groups in total. The zero-order chi connectivity index (χ0) is 11.8. The second kappa shape index (κ2) is 3.59. The van der Waals surface area contributed by atoms with Gasteiger partial charge in [-0.2, -0.15) is 5.10 Å². The van der Waals surface area contributed by atoms with E-state index in [4.69, 9.17) is 5.73 Å². The molecule has 0 unspecified atom stereocenters.